The molecule has 0 fully saturated rings. The highest BCUT2D eigenvalue weighted by Crippen LogP contribution is 2.29. The van der Waals surface area contributed by atoms with Crippen molar-refractivity contribution in [2.24, 2.45) is 5.92 Å². The summed E-state index contributed by atoms with van der Waals surface area (Å²) in [6, 6.07) is 8.67. The first-order valence-electron chi connectivity index (χ1n) is 8.10. The average Bonchev–Trinajstić information content (AvgIpc) is 3.02. The Morgan fingerprint density at radius 2 is 2.15 bits per heavy atom. The predicted molar refractivity (Wildman–Crippen MR) is 96.8 cm³/mol. The number of anilines is 1. The van der Waals surface area contributed by atoms with Gasteiger partial charge in [0.05, 0.1) is 13.7 Å². The third-order valence-electron chi connectivity index (χ3n) is 3.31. The Bertz CT molecular complexity index is 847. The number of ether oxygens (including phenoxy) is 2. The zero-order chi connectivity index (χ0) is 19.1. The van der Waals surface area contributed by atoms with Crippen LogP contribution in [0.5, 0.6) is 11.5 Å². The molecule has 1 heterocycles. The number of carbonyl (C=O) groups is 1. The van der Waals surface area contributed by atoms with E-state index in [1.807, 2.05) is 6.07 Å². The molecule has 0 unspecified atom stereocenters. The Morgan fingerprint density at radius 1 is 1.38 bits per heavy atom. The molecule has 1 N–H and O–H groups in total. The number of nitrogens with zero attached hydrogens (tertiary/aromatic N) is 2. The van der Waals surface area contributed by atoms with Crippen molar-refractivity contribution in [2.75, 3.05) is 19.0 Å². The summed E-state index contributed by atoms with van der Waals surface area (Å²) in [5, 5.41) is 15.5. The number of carbonyl (C=O) groups excluding carboxylic acids is 1. The zero-order valence-electron chi connectivity index (χ0n) is 15.2. The molecule has 26 heavy (non-hydrogen) atoms. The first-order valence-corrected chi connectivity index (χ1v) is 8.10. The predicted octanol–water partition coefficient (Wildman–Crippen LogP) is 3.57. The molecule has 0 atom stereocenters. The maximum absolute atomic E-state index is 12.2. The molecule has 1 aromatic heterocycles. The Labute approximate surface area is 152 Å². The van der Waals surface area contributed by atoms with E-state index in [0.29, 0.717) is 35.3 Å². The van der Waals surface area contributed by atoms with Crippen LogP contribution in [-0.2, 0) is 4.79 Å². The molecule has 136 valence electrons. The van der Waals surface area contributed by atoms with Crippen LogP contribution in [0.15, 0.2) is 34.4 Å². The summed E-state index contributed by atoms with van der Waals surface area (Å²) in [7, 11) is 1.54. The monoisotopic (exact) mass is 355 g/mol. The lowest BCUT2D eigenvalue weighted by molar-refractivity contribution is -0.112. The van der Waals surface area contributed by atoms with Crippen LogP contribution < -0.4 is 14.8 Å². The number of nitriles is 1. The molecule has 1 aromatic carbocycles. The maximum Gasteiger partial charge on any atom is 0.267 e. The van der Waals surface area contributed by atoms with Crippen molar-refractivity contribution in [3.63, 3.8) is 0 Å². The number of rotatable bonds is 7. The van der Waals surface area contributed by atoms with Gasteiger partial charge in [-0.25, -0.2) is 0 Å². The molecule has 7 nitrogen and oxygen atoms in total. The number of aryl methyl sites for hydroxylation is 1. The van der Waals surface area contributed by atoms with Crippen LogP contribution in [0.1, 0.15) is 25.2 Å². The highest BCUT2D eigenvalue weighted by molar-refractivity contribution is 6.09. The second kappa shape index (κ2) is 8.72. The molecule has 0 aliphatic rings. The zero-order valence-corrected chi connectivity index (χ0v) is 15.2. The molecule has 0 bridgehead atoms. The normalized spacial score (nSPS) is 11.2. The lowest BCUT2D eigenvalue weighted by Gasteiger charge is -2.13. The number of hydrogen-bond acceptors (Lipinski definition) is 6. The highest BCUT2D eigenvalue weighted by atomic mass is 16.5. The molecule has 0 radical (unpaired) electrons. The Kier molecular flexibility index (Phi) is 6.39. The smallest absolute Gasteiger partial charge is 0.267 e. The third-order valence-corrected chi connectivity index (χ3v) is 3.31. The molecule has 0 aliphatic carbocycles. The van der Waals surface area contributed by atoms with Crippen LogP contribution in [0.2, 0.25) is 0 Å². The lowest BCUT2D eigenvalue weighted by Crippen LogP contribution is -2.13. The SMILES string of the molecule is COc1cc(/C=C(/C#N)C(=O)Nc2cc(C)on2)ccc1OCC(C)C. The van der Waals surface area contributed by atoms with Crippen molar-refractivity contribution in [2.45, 2.75) is 20.8 Å². The number of amides is 1. The molecule has 0 spiro atoms. The lowest BCUT2D eigenvalue weighted by atomic mass is 10.1. The summed E-state index contributed by atoms with van der Waals surface area (Å²) in [4.78, 5) is 12.2. The van der Waals surface area contributed by atoms with Gasteiger partial charge in [-0.1, -0.05) is 25.1 Å². The minimum absolute atomic E-state index is 0.0662. The standard InChI is InChI=1S/C19H21N3O4/c1-12(2)11-25-16-6-5-14(9-17(16)24-4)8-15(10-20)19(23)21-18-7-13(3)26-22-18/h5-9,12H,11H2,1-4H3,(H,21,22,23)/b15-8-. The van der Waals surface area contributed by atoms with Gasteiger partial charge >= 0.3 is 0 Å². The third kappa shape index (κ3) is 5.11. The van der Waals surface area contributed by atoms with Gasteiger partial charge in [-0.3, -0.25) is 4.79 Å². The number of methoxy groups -OCH3 is 1. The molecule has 0 aliphatic heterocycles. The molecule has 2 rings (SSSR count). The largest absolute Gasteiger partial charge is 0.493 e. The first-order chi connectivity index (χ1) is 12.4. The van der Waals surface area contributed by atoms with E-state index >= 15 is 0 Å². The van der Waals surface area contributed by atoms with E-state index in [1.165, 1.54) is 13.2 Å². The maximum atomic E-state index is 12.2. The summed E-state index contributed by atoms with van der Waals surface area (Å²) >= 11 is 0. The van der Waals surface area contributed by atoms with E-state index in [1.54, 1.807) is 31.2 Å². The quantitative estimate of drug-likeness (QED) is 0.602. The Hall–Kier alpha value is -3.27. The van der Waals surface area contributed by atoms with Crippen molar-refractivity contribution in [3.05, 3.63) is 41.2 Å². The molecular weight excluding hydrogens is 334 g/mol. The summed E-state index contributed by atoms with van der Waals surface area (Å²) in [5.74, 6) is 1.77. The fraction of sp³-hybridized carbons (Fsp3) is 0.316. The van der Waals surface area contributed by atoms with E-state index in [0.717, 1.165) is 0 Å². The molecule has 1 amide bonds. The minimum Gasteiger partial charge on any atom is -0.493 e. The van der Waals surface area contributed by atoms with Crippen molar-refractivity contribution in [1.82, 2.24) is 5.16 Å². The van der Waals surface area contributed by atoms with E-state index in [-0.39, 0.29) is 11.4 Å². The van der Waals surface area contributed by atoms with Crippen LogP contribution >= 0.6 is 0 Å². The fourth-order valence-electron chi connectivity index (χ4n) is 2.07. The summed E-state index contributed by atoms with van der Waals surface area (Å²) in [6.45, 7) is 6.38. The van der Waals surface area contributed by atoms with Gasteiger partial charge in [0.1, 0.15) is 17.4 Å². The van der Waals surface area contributed by atoms with E-state index in [4.69, 9.17) is 14.0 Å². The summed E-state index contributed by atoms with van der Waals surface area (Å²) < 4.78 is 15.9. The van der Waals surface area contributed by atoms with Crippen LogP contribution in [0.3, 0.4) is 0 Å². The number of aromatic nitrogens is 1. The summed E-state index contributed by atoms with van der Waals surface area (Å²) in [5.41, 5.74) is 0.574. The Morgan fingerprint density at radius 3 is 2.73 bits per heavy atom. The van der Waals surface area contributed by atoms with Gasteiger partial charge in [0.25, 0.3) is 5.91 Å². The Balaban J connectivity index is 2.19. The molecule has 0 saturated carbocycles. The van der Waals surface area contributed by atoms with Gasteiger partial charge in [-0.05, 0) is 36.6 Å². The van der Waals surface area contributed by atoms with Crippen LogP contribution in [-0.4, -0.2) is 24.8 Å². The number of nitrogens with one attached hydrogen (secondary N) is 1. The van der Waals surface area contributed by atoms with Crippen molar-refractivity contribution in [1.29, 1.82) is 5.26 Å². The van der Waals surface area contributed by atoms with Crippen LogP contribution in [0.25, 0.3) is 6.08 Å². The van der Waals surface area contributed by atoms with E-state index in [2.05, 4.69) is 24.3 Å². The first kappa shape index (κ1) is 19.1. The van der Waals surface area contributed by atoms with Gasteiger partial charge in [0.15, 0.2) is 17.3 Å². The van der Waals surface area contributed by atoms with Gasteiger partial charge < -0.3 is 19.3 Å². The molecule has 2 aromatic rings. The second-order valence-electron chi connectivity index (χ2n) is 6.06. The van der Waals surface area contributed by atoms with Gasteiger partial charge in [0, 0.05) is 6.07 Å². The van der Waals surface area contributed by atoms with Gasteiger partial charge in [-0.2, -0.15) is 5.26 Å². The van der Waals surface area contributed by atoms with Crippen LogP contribution in [0.4, 0.5) is 5.82 Å². The highest BCUT2D eigenvalue weighted by Gasteiger charge is 2.13. The number of benzene rings is 1. The average molecular weight is 355 g/mol. The van der Waals surface area contributed by atoms with Crippen molar-refractivity contribution < 1.29 is 18.8 Å². The molecule has 0 saturated heterocycles. The number of hydrogen-bond donors (Lipinski definition) is 1. The van der Waals surface area contributed by atoms with Crippen molar-refractivity contribution in [3.8, 4) is 17.6 Å². The van der Waals surface area contributed by atoms with Gasteiger partial charge in [0.2, 0.25) is 0 Å². The van der Waals surface area contributed by atoms with Gasteiger partial charge in [-0.15, -0.1) is 0 Å². The van der Waals surface area contributed by atoms with Crippen LogP contribution in [0, 0.1) is 24.2 Å². The molecular formula is C19H21N3O4. The van der Waals surface area contributed by atoms with Crippen molar-refractivity contribution >= 4 is 17.8 Å². The van der Waals surface area contributed by atoms with E-state index < -0.39 is 5.91 Å². The minimum atomic E-state index is -0.570. The fourth-order valence-corrected chi connectivity index (χ4v) is 2.07. The second-order valence-corrected chi connectivity index (χ2v) is 6.06. The summed E-state index contributed by atoms with van der Waals surface area (Å²) in [6.07, 6.45) is 1.47. The van der Waals surface area contributed by atoms with E-state index in [9.17, 15) is 10.1 Å². The topological polar surface area (TPSA) is 97.4 Å². The molecule has 7 heteroatoms.